The van der Waals surface area contributed by atoms with Crippen LogP contribution >= 0.6 is 11.6 Å². The van der Waals surface area contributed by atoms with E-state index < -0.39 is 11.8 Å². The quantitative estimate of drug-likeness (QED) is 0.677. The Hall–Kier alpha value is -2.13. The lowest BCUT2D eigenvalue weighted by Crippen LogP contribution is -2.00. The molecule has 0 spiro atoms. The number of halogens is 2. The predicted octanol–water partition coefficient (Wildman–Crippen LogP) is 4.10. The van der Waals surface area contributed by atoms with E-state index in [2.05, 4.69) is 0 Å². The van der Waals surface area contributed by atoms with Crippen LogP contribution in [0.5, 0.6) is 0 Å². The molecule has 0 aliphatic carbocycles. The van der Waals surface area contributed by atoms with Gasteiger partial charge in [0.2, 0.25) is 0 Å². The van der Waals surface area contributed by atoms with Crippen molar-refractivity contribution in [3.63, 3.8) is 0 Å². The largest absolute Gasteiger partial charge is 0.478 e. The number of carboxylic acids is 1. The molecule has 2 aromatic rings. The average molecular weight is 277 g/mol. The molecule has 96 valence electrons. The van der Waals surface area contributed by atoms with Gasteiger partial charge in [0.15, 0.2) is 0 Å². The predicted molar refractivity (Wildman–Crippen MR) is 73.4 cm³/mol. The molecule has 19 heavy (non-hydrogen) atoms. The number of carboxylic acid groups (broad SMARTS) is 1. The lowest BCUT2D eigenvalue weighted by Gasteiger charge is -2.03. The number of aliphatic carboxylic acids is 1. The maximum Gasteiger partial charge on any atom is 0.336 e. The first-order valence-corrected chi connectivity index (χ1v) is 5.90. The highest BCUT2D eigenvalue weighted by molar-refractivity contribution is 6.30. The normalized spacial score (nSPS) is 11.4. The Morgan fingerprint density at radius 1 is 1.16 bits per heavy atom. The first-order valence-electron chi connectivity index (χ1n) is 5.53. The van der Waals surface area contributed by atoms with Gasteiger partial charge in [0, 0.05) is 5.02 Å². The van der Waals surface area contributed by atoms with Gasteiger partial charge in [-0.2, -0.15) is 0 Å². The van der Waals surface area contributed by atoms with Crippen LogP contribution < -0.4 is 0 Å². The molecule has 0 aliphatic rings. The minimum atomic E-state index is -1.12. The topological polar surface area (TPSA) is 37.3 Å². The molecule has 0 heterocycles. The Kier molecular flexibility index (Phi) is 3.97. The number of benzene rings is 2. The summed E-state index contributed by atoms with van der Waals surface area (Å²) < 4.78 is 13.2. The summed E-state index contributed by atoms with van der Waals surface area (Å²) in [5.74, 6) is -1.60. The maximum absolute atomic E-state index is 13.2. The number of hydrogen-bond acceptors (Lipinski definition) is 1. The minimum absolute atomic E-state index is 0.0155. The van der Waals surface area contributed by atoms with E-state index in [1.807, 2.05) is 0 Å². The molecule has 2 rings (SSSR count). The van der Waals surface area contributed by atoms with E-state index in [9.17, 15) is 14.3 Å². The van der Waals surface area contributed by atoms with Gasteiger partial charge in [-0.25, -0.2) is 9.18 Å². The van der Waals surface area contributed by atoms with Crippen molar-refractivity contribution in [1.29, 1.82) is 0 Å². The van der Waals surface area contributed by atoms with Crippen molar-refractivity contribution in [3.8, 4) is 0 Å². The number of rotatable bonds is 3. The summed E-state index contributed by atoms with van der Waals surface area (Å²) in [5, 5.41) is 9.74. The molecular formula is C15H10ClFO2. The second kappa shape index (κ2) is 5.67. The summed E-state index contributed by atoms with van der Waals surface area (Å²) in [5.41, 5.74) is 0.975. The summed E-state index contributed by atoms with van der Waals surface area (Å²) in [6.45, 7) is 0. The molecule has 0 aliphatic heterocycles. The van der Waals surface area contributed by atoms with Crippen molar-refractivity contribution in [2.45, 2.75) is 0 Å². The molecule has 2 nitrogen and oxygen atoms in total. The van der Waals surface area contributed by atoms with E-state index in [0.717, 1.165) is 0 Å². The Balaban J connectivity index is 2.49. The van der Waals surface area contributed by atoms with Gasteiger partial charge in [-0.05, 0) is 41.5 Å². The Labute approximate surface area is 114 Å². The lowest BCUT2D eigenvalue weighted by atomic mass is 10.0. The van der Waals surface area contributed by atoms with Crippen LogP contribution in [-0.4, -0.2) is 11.1 Å². The van der Waals surface area contributed by atoms with Gasteiger partial charge in [-0.1, -0.05) is 35.9 Å². The van der Waals surface area contributed by atoms with Crippen LogP contribution in [0.2, 0.25) is 5.02 Å². The molecule has 2 aromatic carbocycles. The van der Waals surface area contributed by atoms with E-state index in [0.29, 0.717) is 16.1 Å². The molecule has 0 radical (unpaired) electrons. The molecule has 0 aromatic heterocycles. The third-order valence-corrected chi connectivity index (χ3v) is 2.76. The Bertz CT molecular complexity index is 650. The summed E-state index contributed by atoms with van der Waals surface area (Å²) >= 11 is 5.84. The fourth-order valence-corrected chi connectivity index (χ4v) is 1.89. The van der Waals surface area contributed by atoms with Crippen LogP contribution in [-0.2, 0) is 4.79 Å². The molecule has 4 heteroatoms. The summed E-state index contributed by atoms with van der Waals surface area (Å²) in [4.78, 5) is 11.3. The van der Waals surface area contributed by atoms with Crippen LogP contribution in [0.15, 0.2) is 48.5 Å². The number of hydrogen-bond donors (Lipinski definition) is 1. The molecule has 0 atom stereocenters. The van der Waals surface area contributed by atoms with Crippen LogP contribution in [0.1, 0.15) is 11.1 Å². The average Bonchev–Trinajstić information content (AvgIpc) is 2.35. The molecule has 0 saturated heterocycles. The first kappa shape index (κ1) is 13.3. The summed E-state index contributed by atoms with van der Waals surface area (Å²) in [7, 11) is 0. The maximum atomic E-state index is 13.2. The lowest BCUT2D eigenvalue weighted by molar-refractivity contribution is -0.130. The van der Waals surface area contributed by atoms with Crippen molar-refractivity contribution in [1.82, 2.24) is 0 Å². The molecule has 0 fully saturated rings. The van der Waals surface area contributed by atoms with E-state index in [-0.39, 0.29) is 5.57 Å². The Morgan fingerprint density at radius 2 is 1.89 bits per heavy atom. The van der Waals surface area contributed by atoms with Gasteiger partial charge in [0.05, 0.1) is 5.57 Å². The van der Waals surface area contributed by atoms with E-state index >= 15 is 0 Å². The summed E-state index contributed by atoms with van der Waals surface area (Å²) in [6, 6.07) is 12.3. The van der Waals surface area contributed by atoms with Crippen molar-refractivity contribution < 1.29 is 14.3 Å². The van der Waals surface area contributed by atoms with Crippen LogP contribution in [0.4, 0.5) is 4.39 Å². The molecular weight excluding hydrogens is 267 g/mol. The molecule has 0 saturated carbocycles. The van der Waals surface area contributed by atoms with Gasteiger partial charge < -0.3 is 5.11 Å². The van der Waals surface area contributed by atoms with Gasteiger partial charge in [0.1, 0.15) is 5.82 Å². The zero-order chi connectivity index (χ0) is 13.8. The third-order valence-electron chi connectivity index (χ3n) is 2.53. The van der Waals surface area contributed by atoms with E-state index in [1.54, 1.807) is 30.3 Å². The minimum Gasteiger partial charge on any atom is -0.478 e. The van der Waals surface area contributed by atoms with Crippen molar-refractivity contribution in [3.05, 3.63) is 70.5 Å². The van der Waals surface area contributed by atoms with Crippen LogP contribution in [0.25, 0.3) is 11.6 Å². The molecule has 0 bridgehead atoms. The highest BCUT2D eigenvalue weighted by Gasteiger charge is 2.11. The Morgan fingerprint density at radius 3 is 2.53 bits per heavy atom. The van der Waals surface area contributed by atoms with Crippen molar-refractivity contribution >= 4 is 29.2 Å². The monoisotopic (exact) mass is 276 g/mol. The standard InChI is InChI=1S/C15H10ClFO2/c16-12-5-1-3-10(7-12)8-14(15(18)19)11-4-2-6-13(17)9-11/h1-9H,(H,18,19)/b14-8+. The van der Waals surface area contributed by atoms with Crippen molar-refractivity contribution in [2.24, 2.45) is 0 Å². The summed E-state index contributed by atoms with van der Waals surface area (Å²) in [6.07, 6.45) is 1.46. The highest BCUT2D eigenvalue weighted by atomic mass is 35.5. The molecule has 0 unspecified atom stereocenters. The van der Waals surface area contributed by atoms with Gasteiger partial charge >= 0.3 is 5.97 Å². The fourth-order valence-electron chi connectivity index (χ4n) is 1.69. The highest BCUT2D eigenvalue weighted by Crippen LogP contribution is 2.21. The fraction of sp³-hybridized carbons (Fsp3) is 0. The first-order chi connectivity index (χ1) is 9.06. The molecule has 0 amide bonds. The van der Waals surface area contributed by atoms with Gasteiger partial charge in [-0.15, -0.1) is 0 Å². The zero-order valence-corrected chi connectivity index (χ0v) is 10.6. The van der Waals surface area contributed by atoms with Crippen LogP contribution in [0.3, 0.4) is 0 Å². The zero-order valence-electron chi connectivity index (χ0n) is 9.81. The smallest absolute Gasteiger partial charge is 0.336 e. The van der Waals surface area contributed by atoms with Crippen molar-refractivity contribution in [2.75, 3.05) is 0 Å². The van der Waals surface area contributed by atoms with E-state index in [1.165, 1.54) is 24.3 Å². The molecule has 1 N–H and O–H groups in total. The number of carbonyl (C=O) groups is 1. The van der Waals surface area contributed by atoms with Gasteiger partial charge in [0.25, 0.3) is 0 Å². The SMILES string of the molecule is O=C(O)/C(=C/c1cccc(Cl)c1)c1cccc(F)c1. The van der Waals surface area contributed by atoms with Crippen LogP contribution in [0, 0.1) is 5.82 Å². The third kappa shape index (κ3) is 3.42. The second-order valence-electron chi connectivity index (χ2n) is 3.93. The van der Waals surface area contributed by atoms with Gasteiger partial charge in [-0.3, -0.25) is 0 Å². The van der Waals surface area contributed by atoms with E-state index in [4.69, 9.17) is 11.6 Å². The second-order valence-corrected chi connectivity index (χ2v) is 4.36.